The minimum Gasteiger partial charge on any atom is -0.480 e. The third-order valence-electron chi connectivity index (χ3n) is 2.89. The zero-order valence-corrected chi connectivity index (χ0v) is 9.43. The molecule has 2 N–H and O–H groups in total. The van der Waals surface area contributed by atoms with Gasteiger partial charge in [-0.15, -0.1) is 11.3 Å². The Bertz CT molecular complexity index is 371. The number of carboxylic acid groups (broad SMARTS) is 1. The molecule has 0 spiro atoms. The van der Waals surface area contributed by atoms with Gasteiger partial charge in [-0.05, 0) is 26.2 Å². The van der Waals surface area contributed by atoms with Gasteiger partial charge in [-0.2, -0.15) is 0 Å². The van der Waals surface area contributed by atoms with Crippen LogP contribution in [0.2, 0.25) is 0 Å². The first-order valence-corrected chi connectivity index (χ1v) is 5.90. The second-order valence-electron chi connectivity index (χ2n) is 3.95. The number of rotatable bonds is 4. The average molecular weight is 226 g/mol. The van der Waals surface area contributed by atoms with E-state index in [0.29, 0.717) is 6.54 Å². The summed E-state index contributed by atoms with van der Waals surface area (Å²) < 4.78 is 0. The monoisotopic (exact) mass is 226 g/mol. The summed E-state index contributed by atoms with van der Waals surface area (Å²) in [7, 11) is 0. The van der Waals surface area contributed by atoms with E-state index in [2.05, 4.69) is 10.3 Å². The van der Waals surface area contributed by atoms with Gasteiger partial charge in [0.15, 0.2) is 0 Å². The second kappa shape index (κ2) is 3.90. The van der Waals surface area contributed by atoms with E-state index in [1.54, 1.807) is 11.3 Å². The molecule has 0 radical (unpaired) electrons. The Morgan fingerprint density at radius 3 is 2.87 bits per heavy atom. The zero-order valence-electron chi connectivity index (χ0n) is 8.62. The van der Waals surface area contributed by atoms with Crippen LogP contribution in [-0.4, -0.2) is 21.6 Å². The van der Waals surface area contributed by atoms with Crippen LogP contribution in [0, 0.1) is 6.92 Å². The molecular weight excluding hydrogens is 212 g/mol. The molecule has 4 nitrogen and oxygen atoms in total. The van der Waals surface area contributed by atoms with Crippen LogP contribution in [0.5, 0.6) is 0 Å². The highest BCUT2D eigenvalue weighted by Gasteiger charge is 2.43. The van der Waals surface area contributed by atoms with Crippen molar-refractivity contribution in [2.24, 2.45) is 0 Å². The Balaban J connectivity index is 1.95. The molecular formula is C10H14N2O2S. The molecule has 15 heavy (non-hydrogen) atoms. The third-order valence-corrected chi connectivity index (χ3v) is 3.71. The number of aryl methyl sites for hydroxylation is 1. The molecule has 0 bridgehead atoms. The van der Waals surface area contributed by atoms with Crippen LogP contribution >= 0.6 is 11.3 Å². The van der Waals surface area contributed by atoms with Crippen LogP contribution in [0.25, 0.3) is 0 Å². The van der Waals surface area contributed by atoms with Gasteiger partial charge in [0.2, 0.25) is 0 Å². The zero-order chi connectivity index (χ0) is 10.9. The van der Waals surface area contributed by atoms with Crippen LogP contribution in [0.15, 0.2) is 5.38 Å². The molecule has 1 heterocycles. The quantitative estimate of drug-likeness (QED) is 0.817. The summed E-state index contributed by atoms with van der Waals surface area (Å²) in [5.74, 6) is -0.735. The molecule has 0 saturated heterocycles. The van der Waals surface area contributed by atoms with Crippen LogP contribution in [0.4, 0.5) is 0 Å². The summed E-state index contributed by atoms with van der Waals surface area (Å²) in [6, 6.07) is 0. The van der Waals surface area contributed by atoms with Gasteiger partial charge in [0.25, 0.3) is 0 Å². The number of hydrogen-bond donors (Lipinski definition) is 2. The molecule has 1 aliphatic carbocycles. The van der Waals surface area contributed by atoms with Gasteiger partial charge in [0, 0.05) is 11.9 Å². The van der Waals surface area contributed by atoms with Crippen molar-refractivity contribution in [3.63, 3.8) is 0 Å². The predicted molar refractivity (Wildman–Crippen MR) is 57.9 cm³/mol. The fourth-order valence-corrected chi connectivity index (χ4v) is 2.36. The van der Waals surface area contributed by atoms with Crippen molar-refractivity contribution in [1.29, 1.82) is 0 Å². The van der Waals surface area contributed by atoms with Gasteiger partial charge >= 0.3 is 5.97 Å². The summed E-state index contributed by atoms with van der Waals surface area (Å²) in [6.07, 6.45) is 2.45. The Morgan fingerprint density at radius 1 is 1.73 bits per heavy atom. The van der Waals surface area contributed by atoms with Crippen molar-refractivity contribution in [3.8, 4) is 0 Å². The highest BCUT2D eigenvalue weighted by Crippen LogP contribution is 2.32. The molecule has 1 aromatic rings. The lowest BCUT2D eigenvalue weighted by Crippen LogP contribution is -2.56. The van der Waals surface area contributed by atoms with Crippen molar-refractivity contribution >= 4 is 17.3 Å². The lowest BCUT2D eigenvalue weighted by atomic mass is 9.77. The summed E-state index contributed by atoms with van der Waals surface area (Å²) in [5.41, 5.74) is 0.252. The van der Waals surface area contributed by atoms with Crippen molar-refractivity contribution in [3.05, 3.63) is 16.1 Å². The summed E-state index contributed by atoms with van der Waals surface area (Å²) in [6.45, 7) is 2.50. The Labute approximate surface area is 92.3 Å². The van der Waals surface area contributed by atoms with Crippen LogP contribution in [0.1, 0.15) is 30.0 Å². The summed E-state index contributed by atoms with van der Waals surface area (Å²) in [5, 5.41) is 15.2. The third kappa shape index (κ3) is 2.03. The molecule has 2 rings (SSSR count). The van der Waals surface area contributed by atoms with Crippen molar-refractivity contribution in [1.82, 2.24) is 10.3 Å². The maximum Gasteiger partial charge on any atom is 0.323 e. The predicted octanol–water partition coefficient (Wildman–Crippen LogP) is 1.55. The number of nitrogens with zero attached hydrogens (tertiary/aromatic N) is 1. The minimum atomic E-state index is -0.735. The van der Waals surface area contributed by atoms with E-state index in [0.717, 1.165) is 30.0 Å². The maximum atomic E-state index is 11.0. The summed E-state index contributed by atoms with van der Waals surface area (Å²) >= 11 is 1.59. The number of aliphatic carboxylic acids is 1. The molecule has 0 aliphatic heterocycles. The Morgan fingerprint density at radius 2 is 2.47 bits per heavy atom. The second-order valence-corrected chi connectivity index (χ2v) is 5.01. The van der Waals surface area contributed by atoms with E-state index in [1.165, 1.54) is 0 Å². The molecule has 5 heteroatoms. The maximum absolute atomic E-state index is 11.0. The van der Waals surface area contributed by atoms with E-state index in [1.807, 2.05) is 12.3 Å². The number of hydrogen-bond acceptors (Lipinski definition) is 4. The molecule has 1 aromatic heterocycles. The fraction of sp³-hybridized carbons (Fsp3) is 0.600. The van der Waals surface area contributed by atoms with Gasteiger partial charge in [-0.3, -0.25) is 10.1 Å². The topological polar surface area (TPSA) is 62.2 Å². The highest BCUT2D eigenvalue weighted by atomic mass is 32.1. The van der Waals surface area contributed by atoms with Crippen LogP contribution in [0.3, 0.4) is 0 Å². The number of thiazole rings is 1. The van der Waals surface area contributed by atoms with E-state index in [-0.39, 0.29) is 0 Å². The first-order valence-electron chi connectivity index (χ1n) is 5.02. The van der Waals surface area contributed by atoms with Gasteiger partial charge in [-0.25, -0.2) is 4.98 Å². The molecule has 1 fully saturated rings. The van der Waals surface area contributed by atoms with E-state index < -0.39 is 11.5 Å². The molecule has 0 atom stereocenters. The normalized spacial score (nSPS) is 18.5. The van der Waals surface area contributed by atoms with E-state index in [9.17, 15) is 4.79 Å². The Kier molecular flexibility index (Phi) is 2.75. The molecule has 0 unspecified atom stereocenters. The van der Waals surface area contributed by atoms with Gasteiger partial charge in [0.1, 0.15) is 5.54 Å². The van der Waals surface area contributed by atoms with Crippen molar-refractivity contribution in [2.45, 2.75) is 38.3 Å². The SMILES string of the molecule is Cc1nc(CNC2(C(=O)O)CCC2)cs1. The molecule has 82 valence electrons. The van der Waals surface area contributed by atoms with Gasteiger partial charge in [0.05, 0.1) is 10.7 Å². The highest BCUT2D eigenvalue weighted by molar-refractivity contribution is 7.09. The Hall–Kier alpha value is -0.940. The number of nitrogens with one attached hydrogen (secondary N) is 1. The van der Waals surface area contributed by atoms with Crippen LogP contribution < -0.4 is 5.32 Å². The van der Waals surface area contributed by atoms with Gasteiger partial charge < -0.3 is 5.11 Å². The van der Waals surface area contributed by atoms with Crippen LogP contribution in [-0.2, 0) is 11.3 Å². The molecule has 0 aromatic carbocycles. The average Bonchev–Trinajstić information content (AvgIpc) is 2.49. The first kappa shape index (κ1) is 10.6. The number of aromatic nitrogens is 1. The smallest absolute Gasteiger partial charge is 0.323 e. The molecule has 1 saturated carbocycles. The molecule has 1 aliphatic rings. The van der Waals surface area contributed by atoms with Crippen molar-refractivity contribution in [2.75, 3.05) is 0 Å². The lowest BCUT2D eigenvalue weighted by Gasteiger charge is -2.38. The lowest BCUT2D eigenvalue weighted by molar-refractivity contribution is -0.148. The van der Waals surface area contributed by atoms with E-state index >= 15 is 0 Å². The summed E-state index contributed by atoms with van der Waals surface area (Å²) in [4.78, 5) is 15.3. The number of carboxylic acids is 1. The fourth-order valence-electron chi connectivity index (χ4n) is 1.75. The number of carbonyl (C=O) groups is 1. The van der Waals surface area contributed by atoms with E-state index in [4.69, 9.17) is 5.11 Å². The minimum absolute atomic E-state index is 0.552. The molecule has 0 amide bonds. The largest absolute Gasteiger partial charge is 0.480 e. The van der Waals surface area contributed by atoms with Gasteiger partial charge in [-0.1, -0.05) is 0 Å². The van der Waals surface area contributed by atoms with Crippen molar-refractivity contribution < 1.29 is 9.90 Å². The first-order chi connectivity index (χ1) is 7.12. The standard InChI is InChI=1S/C10H14N2O2S/c1-7-12-8(6-15-7)5-11-10(9(13)14)3-2-4-10/h6,11H,2-5H2,1H3,(H,13,14).